The van der Waals surface area contributed by atoms with Crippen LogP contribution in [-0.4, -0.2) is 19.1 Å². The summed E-state index contributed by atoms with van der Waals surface area (Å²) in [5.74, 6) is -0.814. The van der Waals surface area contributed by atoms with Crippen LogP contribution in [0.4, 0.5) is 5.82 Å². The largest absolute Gasteiger partial charge is 0.476 e. The molecule has 0 saturated carbocycles. The maximum Gasteiger partial charge on any atom is 0.355 e. The summed E-state index contributed by atoms with van der Waals surface area (Å²) in [4.78, 5) is 10.3. The third kappa shape index (κ3) is 1.20. The van der Waals surface area contributed by atoms with E-state index in [1.807, 2.05) is 0 Å². The Morgan fingerprint density at radius 2 is 2.50 bits per heavy atom. The highest BCUT2D eigenvalue weighted by Gasteiger charge is 2.09. The third-order valence-electron chi connectivity index (χ3n) is 0.906. The van der Waals surface area contributed by atoms with E-state index in [9.17, 15) is 4.79 Å². The molecule has 0 bridgehead atoms. The first-order valence-electron chi connectivity index (χ1n) is 2.36. The molecule has 1 heterocycles. The molecule has 0 aliphatic heterocycles. The van der Waals surface area contributed by atoms with Crippen molar-refractivity contribution in [3.63, 3.8) is 0 Å². The van der Waals surface area contributed by atoms with E-state index in [2.05, 4.69) is 5.10 Å². The second-order valence-corrected chi connectivity index (χ2v) is 2.53. The van der Waals surface area contributed by atoms with Gasteiger partial charge < -0.3 is 10.8 Å². The lowest BCUT2D eigenvalue weighted by Crippen LogP contribution is -2.00. The number of aromatic nitrogens is 2. The number of nitrogen functional groups attached to an aromatic ring is 1. The fourth-order valence-corrected chi connectivity index (χ4v) is 1.11. The number of anilines is 1. The summed E-state index contributed by atoms with van der Waals surface area (Å²) in [6.45, 7) is 0. The number of carboxylic acid groups (broad SMARTS) is 1. The number of aromatic carboxylic acids is 1. The first-order valence-corrected chi connectivity index (χ1v) is 3.32. The number of nitrogens with two attached hydrogens (primary N) is 1. The van der Waals surface area contributed by atoms with Gasteiger partial charge in [-0.15, -0.1) is 5.10 Å². The standard InChI is InChI=1S/C4H4IN3O2/c5-8-2(4(9)10)1-3(6)7-8/h1H,(H2,6,7)(H,9,10). The molecule has 0 amide bonds. The molecule has 0 radical (unpaired) electrons. The van der Waals surface area contributed by atoms with Gasteiger partial charge in [-0.3, -0.25) is 0 Å². The minimum absolute atomic E-state index is 0.0816. The lowest BCUT2D eigenvalue weighted by molar-refractivity contribution is 0.0690. The first-order chi connectivity index (χ1) is 4.61. The number of rotatable bonds is 1. The van der Waals surface area contributed by atoms with Crippen molar-refractivity contribution in [1.82, 2.24) is 7.99 Å². The second-order valence-electron chi connectivity index (χ2n) is 1.62. The molecule has 54 valence electrons. The van der Waals surface area contributed by atoms with E-state index in [0.29, 0.717) is 0 Å². The first kappa shape index (κ1) is 7.32. The van der Waals surface area contributed by atoms with Crippen molar-refractivity contribution in [2.24, 2.45) is 0 Å². The Morgan fingerprint density at radius 3 is 2.70 bits per heavy atom. The molecule has 0 aliphatic rings. The minimum atomic E-state index is -1.03. The van der Waals surface area contributed by atoms with Crippen LogP contribution < -0.4 is 5.73 Å². The van der Waals surface area contributed by atoms with E-state index in [1.54, 1.807) is 22.9 Å². The summed E-state index contributed by atoms with van der Waals surface area (Å²) in [5, 5.41) is 12.1. The van der Waals surface area contributed by atoms with Crippen molar-refractivity contribution in [1.29, 1.82) is 0 Å². The summed E-state index contributed by atoms with van der Waals surface area (Å²) in [5.41, 5.74) is 5.30. The monoisotopic (exact) mass is 253 g/mol. The van der Waals surface area contributed by atoms with E-state index in [1.165, 1.54) is 8.96 Å². The molecule has 0 aromatic carbocycles. The van der Waals surface area contributed by atoms with Crippen LogP contribution in [0.2, 0.25) is 0 Å². The van der Waals surface area contributed by atoms with Crippen molar-refractivity contribution >= 4 is 34.7 Å². The molecule has 10 heavy (non-hydrogen) atoms. The maximum atomic E-state index is 10.3. The zero-order chi connectivity index (χ0) is 7.72. The molecular formula is C4H4IN3O2. The van der Waals surface area contributed by atoms with Gasteiger partial charge in [-0.1, -0.05) is 0 Å². The Kier molecular flexibility index (Phi) is 1.79. The van der Waals surface area contributed by atoms with Crippen molar-refractivity contribution in [3.05, 3.63) is 11.8 Å². The highest BCUT2D eigenvalue weighted by Crippen LogP contribution is 2.08. The lowest BCUT2D eigenvalue weighted by atomic mass is 10.4. The molecule has 0 unspecified atom stereocenters. The number of carbonyl (C=O) groups is 1. The Labute approximate surface area is 70.3 Å². The van der Waals surface area contributed by atoms with Gasteiger partial charge in [-0.25, -0.2) is 4.79 Å². The molecular weight excluding hydrogens is 249 g/mol. The van der Waals surface area contributed by atoms with Crippen LogP contribution in [0.15, 0.2) is 6.07 Å². The molecule has 3 N–H and O–H groups in total. The highest BCUT2D eigenvalue weighted by molar-refractivity contribution is 14.1. The molecule has 1 aromatic rings. The van der Waals surface area contributed by atoms with E-state index >= 15 is 0 Å². The summed E-state index contributed by atoms with van der Waals surface area (Å²) in [6.07, 6.45) is 0. The topological polar surface area (TPSA) is 81.1 Å². The summed E-state index contributed by atoms with van der Waals surface area (Å²) in [6, 6.07) is 1.30. The average Bonchev–Trinajstić information content (AvgIpc) is 2.10. The maximum absolute atomic E-state index is 10.3. The number of hydrogen-bond donors (Lipinski definition) is 2. The van der Waals surface area contributed by atoms with Gasteiger partial charge >= 0.3 is 5.97 Å². The van der Waals surface area contributed by atoms with Crippen LogP contribution in [0, 0.1) is 0 Å². The van der Waals surface area contributed by atoms with E-state index in [-0.39, 0.29) is 11.5 Å². The molecule has 5 nitrogen and oxygen atoms in total. The smallest absolute Gasteiger partial charge is 0.355 e. The fourth-order valence-electron chi connectivity index (χ4n) is 0.518. The Morgan fingerprint density at radius 1 is 1.90 bits per heavy atom. The number of carboxylic acids is 1. The van der Waals surface area contributed by atoms with Crippen LogP contribution in [0.3, 0.4) is 0 Å². The predicted octanol–water partition coefficient (Wildman–Crippen LogP) is 0.362. The quantitative estimate of drug-likeness (QED) is 0.708. The zero-order valence-corrected chi connectivity index (χ0v) is 6.94. The SMILES string of the molecule is Nc1cc(C(=O)O)n(I)n1. The lowest BCUT2D eigenvalue weighted by Gasteiger charge is -1.87. The van der Waals surface area contributed by atoms with Gasteiger partial charge in [0.25, 0.3) is 0 Å². The van der Waals surface area contributed by atoms with Crippen molar-refractivity contribution in [3.8, 4) is 0 Å². The van der Waals surface area contributed by atoms with Gasteiger partial charge in [0.15, 0.2) is 5.69 Å². The summed E-state index contributed by atoms with van der Waals surface area (Å²) >= 11 is 1.74. The Balaban J connectivity index is 3.15. The Bertz CT molecular complexity index is 269. The van der Waals surface area contributed by atoms with E-state index in [4.69, 9.17) is 10.8 Å². The molecule has 0 saturated heterocycles. The van der Waals surface area contributed by atoms with Crippen LogP contribution in [0.5, 0.6) is 0 Å². The molecule has 0 atom stereocenters. The van der Waals surface area contributed by atoms with Crippen LogP contribution >= 0.6 is 22.9 Å². The van der Waals surface area contributed by atoms with E-state index in [0.717, 1.165) is 0 Å². The van der Waals surface area contributed by atoms with Crippen molar-refractivity contribution in [2.45, 2.75) is 0 Å². The molecule has 1 rings (SSSR count). The fraction of sp³-hybridized carbons (Fsp3) is 0. The normalized spacial score (nSPS) is 9.70. The summed E-state index contributed by atoms with van der Waals surface area (Å²) < 4.78 is 1.19. The number of halogens is 1. The number of nitrogens with zero attached hydrogens (tertiary/aromatic N) is 2. The number of hydrogen-bond acceptors (Lipinski definition) is 3. The van der Waals surface area contributed by atoms with Crippen LogP contribution in [0.25, 0.3) is 0 Å². The van der Waals surface area contributed by atoms with Crippen molar-refractivity contribution < 1.29 is 9.90 Å². The van der Waals surface area contributed by atoms with Gasteiger partial charge in [0.1, 0.15) is 5.82 Å². The molecule has 1 aromatic heterocycles. The van der Waals surface area contributed by atoms with Gasteiger partial charge in [0, 0.05) is 6.07 Å². The highest BCUT2D eigenvalue weighted by atomic mass is 127. The van der Waals surface area contributed by atoms with Gasteiger partial charge in [0.2, 0.25) is 0 Å². The molecule has 6 heteroatoms. The molecule has 0 fully saturated rings. The van der Waals surface area contributed by atoms with Crippen LogP contribution in [0.1, 0.15) is 10.5 Å². The molecule has 0 spiro atoms. The minimum Gasteiger partial charge on any atom is -0.476 e. The van der Waals surface area contributed by atoms with Gasteiger partial charge in [-0.2, -0.15) is 2.90 Å². The average molecular weight is 253 g/mol. The Hall–Kier alpha value is -0.790. The van der Waals surface area contributed by atoms with Crippen molar-refractivity contribution in [2.75, 3.05) is 5.73 Å². The second kappa shape index (κ2) is 2.45. The third-order valence-corrected chi connectivity index (χ3v) is 1.64. The molecule has 0 aliphatic carbocycles. The zero-order valence-electron chi connectivity index (χ0n) is 4.78. The summed E-state index contributed by atoms with van der Waals surface area (Å²) in [7, 11) is 0. The van der Waals surface area contributed by atoms with Crippen LogP contribution in [-0.2, 0) is 0 Å². The van der Waals surface area contributed by atoms with Gasteiger partial charge in [0.05, 0.1) is 22.9 Å². The predicted molar refractivity (Wildman–Crippen MR) is 43.0 cm³/mol. The van der Waals surface area contributed by atoms with Gasteiger partial charge in [-0.05, 0) is 0 Å². The van der Waals surface area contributed by atoms with E-state index < -0.39 is 5.97 Å².